The minimum absolute atomic E-state index is 0.139. The van der Waals surface area contributed by atoms with Crippen LogP contribution in [0, 0.1) is 17.3 Å². The van der Waals surface area contributed by atoms with Crippen LogP contribution < -0.4 is 0 Å². The lowest BCUT2D eigenvalue weighted by Gasteiger charge is -2.14. The summed E-state index contributed by atoms with van der Waals surface area (Å²) in [6, 6.07) is 8.27. The van der Waals surface area contributed by atoms with Crippen molar-refractivity contribution < 1.29 is 4.79 Å². The topological polar surface area (TPSA) is 20.3 Å². The van der Waals surface area contributed by atoms with Crippen molar-refractivity contribution in [3.05, 3.63) is 35.4 Å². The zero-order chi connectivity index (χ0) is 14.0. The molecule has 1 aliphatic rings. The van der Waals surface area contributed by atoms with Crippen molar-refractivity contribution in [3.63, 3.8) is 0 Å². The predicted molar refractivity (Wildman–Crippen MR) is 77.8 cm³/mol. The molecule has 0 aliphatic carbocycles. The van der Waals surface area contributed by atoms with Crippen LogP contribution in [-0.2, 0) is 4.79 Å². The third-order valence-electron chi connectivity index (χ3n) is 3.80. The Morgan fingerprint density at radius 2 is 2.11 bits per heavy atom. The van der Waals surface area contributed by atoms with E-state index in [0.717, 1.165) is 18.5 Å². The summed E-state index contributed by atoms with van der Waals surface area (Å²) >= 11 is 0. The first-order chi connectivity index (χ1) is 8.92. The van der Waals surface area contributed by atoms with Gasteiger partial charge in [-0.25, -0.2) is 0 Å². The van der Waals surface area contributed by atoms with Gasteiger partial charge in [0.15, 0.2) is 0 Å². The predicted octanol–water partition coefficient (Wildman–Crippen LogP) is 3.03. The Morgan fingerprint density at radius 3 is 2.68 bits per heavy atom. The molecule has 1 atom stereocenters. The Morgan fingerprint density at radius 1 is 1.37 bits per heavy atom. The second-order valence-corrected chi connectivity index (χ2v) is 5.84. The highest BCUT2D eigenvalue weighted by Crippen LogP contribution is 2.29. The molecule has 100 valence electrons. The number of carbonyl (C=O) groups excluding carboxylic acids is 1. The van der Waals surface area contributed by atoms with Gasteiger partial charge in [-0.3, -0.25) is 4.79 Å². The van der Waals surface area contributed by atoms with Crippen molar-refractivity contribution in [3.8, 4) is 11.8 Å². The van der Waals surface area contributed by atoms with Gasteiger partial charge in [-0.2, -0.15) is 0 Å². The first-order valence-electron chi connectivity index (χ1n) is 6.81. The molecule has 0 N–H and O–H groups in total. The Balaban J connectivity index is 2.25. The molecule has 0 radical (unpaired) electrons. The van der Waals surface area contributed by atoms with Crippen molar-refractivity contribution in [2.45, 2.75) is 33.1 Å². The van der Waals surface area contributed by atoms with Crippen molar-refractivity contribution in [1.29, 1.82) is 0 Å². The molecule has 0 saturated carbocycles. The normalized spacial score (nSPS) is 22.6. The maximum absolute atomic E-state index is 12.0. The van der Waals surface area contributed by atoms with E-state index in [4.69, 9.17) is 0 Å². The van der Waals surface area contributed by atoms with E-state index in [1.165, 1.54) is 5.56 Å². The fraction of sp³-hybridized carbons (Fsp3) is 0.471. The van der Waals surface area contributed by atoms with Gasteiger partial charge in [0.1, 0.15) is 5.41 Å². The van der Waals surface area contributed by atoms with Crippen molar-refractivity contribution >= 4 is 5.91 Å². The van der Waals surface area contributed by atoms with E-state index >= 15 is 0 Å². The molecule has 0 aromatic heterocycles. The van der Waals surface area contributed by atoms with E-state index in [1.807, 2.05) is 26.1 Å². The molecule has 1 unspecified atom stereocenters. The molecule has 1 aromatic carbocycles. The minimum atomic E-state index is -0.511. The zero-order valence-corrected chi connectivity index (χ0v) is 12.2. The second kappa shape index (κ2) is 5.09. The van der Waals surface area contributed by atoms with Crippen LogP contribution in [-0.4, -0.2) is 24.4 Å². The number of nitrogens with zero attached hydrogens (tertiary/aromatic N) is 1. The van der Waals surface area contributed by atoms with Gasteiger partial charge in [0.05, 0.1) is 0 Å². The summed E-state index contributed by atoms with van der Waals surface area (Å²) in [5.74, 6) is 6.99. The Labute approximate surface area is 115 Å². The number of amides is 1. The van der Waals surface area contributed by atoms with Crippen LogP contribution in [0.25, 0.3) is 0 Å². The third kappa shape index (κ3) is 2.81. The van der Waals surface area contributed by atoms with Crippen molar-refractivity contribution in [2.24, 2.45) is 5.41 Å². The van der Waals surface area contributed by atoms with Gasteiger partial charge < -0.3 is 4.90 Å². The molecule has 1 saturated heterocycles. The van der Waals surface area contributed by atoms with Gasteiger partial charge >= 0.3 is 0 Å². The first-order valence-corrected chi connectivity index (χ1v) is 6.81. The lowest BCUT2D eigenvalue weighted by Crippen LogP contribution is -2.28. The minimum Gasteiger partial charge on any atom is -0.344 e. The van der Waals surface area contributed by atoms with Gasteiger partial charge in [0, 0.05) is 19.2 Å². The van der Waals surface area contributed by atoms with Crippen LogP contribution in [0.2, 0.25) is 0 Å². The maximum Gasteiger partial charge on any atom is 0.240 e. The van der Waals surface area contributed by atoms with Crippen LogP contribution in [0.3, 0.4) is 0 Å². The third-order valence-corrected chi connectivity index (χ3v) is 3.80. The summed E-state index contributed by atoms with van der Waals surface area (Å²) in [4.78, 5) is 13.8. The molecule has 0 spiro atoms. The van der Waals surface area contributed by atoms with Gasteiger partial charge in [-0.05, 0) is 37.0 Å². The van der Waals surface area contributed by atoms with Crippen LogP contribution in [0.5, 0.6) is 0 Å². The van der Waals surface area contributed by atoms with E-state index in [1.54, 1.807) is 4.90 Å². The Hall–Kier alpha value is -1.75. The number of carbonyl (C=O) groups is 1. The number of hydrogen-bond donors (Lipinski definition) is 0. The van der Waals surface area contributed by atoms with Gasteiger partial charge in [0.2, 0.25) is 5.91 Å². The molecule has 0 bridgehead atoms. The quantitative estimate of drug-likeness (QED) is 0.706. The molecule has 1 heterocycles. The summed E-state index contributed by atoms with van der Waals surface area (Å²) in [6.07, 6.45) is 0.819. The average molecular weight is 255 g/mol. The summed E-state index contributed by atoms with van der Waals surface area (Å²) in [6.45, 7) is 7.08. The van der Waals surface area contributed by atoms with Gasteiger partial charge in [-0.15, -0.1) is 0 Å². The SMILES string of the molecule is CC(C)c1cccc(C#CC2(C)CCN(C)C2=O)c1. The first kappa shape index (κ1) is 13.7. The van der Waals surface area contributed by atoms with Gasteiger partial charge in [0.25, 0.3) is 0 Å². The molecule has 2 nitrogen and oxygen atoms in total. The molecular weight excluding hydrogens is 234 g/mol. The summed E-state index contributed by atoms with van der Waals surface area (Å²) in [7, 11) is 1.84. The fourth-order valence-electron chi connectivity index (χ4n) is 2.32. The fourth-order valence-corrected chi connectivity index (χ4v) is 2.32. The molecule has 1 amide bonds. The molecule has 2 rings (SSSR count). The second-order valence-electron chi connectivity index (χ2n) is 5.84. The number of likely N-dealkylation sites (tertiary alicyclic amines) is 1. The standard InChI is InChI=1S/C17H21NO/c1-13(2)15-7-5-6-14(12-15)8-9-17(3)10-11-18(4)16(17)19/h5-7,12-13H,10-11H2,1-4H3. The number of rotatable bonds is 1. The smallest absolute Gasteiger partial charge is 0.240 e. The largest absolute Gasteiger partial charge is 0.344 e. The summed E-state index contributed by atoms with van der Waals surface area (Å²) in [5, 5.41) is 0. The molecule has 1 fully saturated rings. The lowest BCUT2D eigenvalue weighted by molar-refractivity contribution is -0.131. The average Bonchev–Trinajstić information content (AvgIpc) is 2.65. The van der Waals surface area contributed by atoms with Crippen LogP contribution in [0.15, 0.2) is 24.3 Å². The highest BCUT2D eigenvalue weighted by Gasteiger charge is 2.39. The van der Waals surface area contributed by atoms with E-state index < -0.39 is 5.41 Å². The Kier molecular flexibility index (Phi) is 3.66. The number of hydrogen-bond acceptors (Lipinski definition) is 1. The maximum atomic E-state index is 12.0. The molecule has 1 aromatic rings. The van der Waals surface area contributed by atoms with E-state index in [2.05, 4.69) is 37.8 Å². The summed E-state index contributed by atoms with van der Waals surface area (Å²) < 4.78 is 0. The molecule has 1 aliphatic heterocycles. The monoisotopic (exact) mass is 255 g/mol. The van der Waals surface area contributed by atoms with Crippen molar-refractivity contribution in [1.82, 2.24) is 4.90 Å². The molecular formula is C17H21NO. The van der Waals surface area contributed by atoms with Gasteiger partial charge in [-0.1, -0.05) is 37.8 Å². The van der Waals surface area contributed by atoms with Crippen molar-refractivity contribution in [2.75, 3.05) is 13.6 Å². The van der Waals surface area contributed by atoms with E-state index in [9.17, 15) is 4.79 Å². The van der Waals surface area contributed by atoms with Crippen LogP contribution in [0.1, 0.15) is 44.2 Å². The highest BCUT2D eigenvalue weighted by molar-refractivity contribution is 5.87. The molecule has 19 heavy (non-hydrogen) atoms. The van der Waals surface area contributed by atoms with Crippen LogP contribution >= 0.6 is 0 Å². The highest BCUT2D eigenvalue weighted by atomic mass is 16.2. The summed E-state index contributed by atoms with van der Waals surface area (Å²) in [5.41, 5.74) is 1.77. The lowest BCUT2D eigenvalue weighted by atomic mass is 9.89. The van der Waals surface area contributed by atoms with E-state index in [-0.39, 0.29) is 5.91 Å². The molecule has 2 heteroatoms. The van der Waals surface area contributed by atoms with Crippen LogP contribution in [0.4, 0.5) is 0 Å². The number of benzene rings is 1. The van der Waals surface area contributed by atoms with E-state index in [0.29, 0.717) is 5.92 Å². The zero-order valence-electron chi connectivity index (χ0n) is 12.2. The Bertz CT molecular complexity index is 550.